The second-order valence-corrected chi connectivity index (χ2v) is 4.80. The highest BCUT2D eigenvalue weighted by molar-refractivity contribution is 5.29. The molecule has 1 aromatic rings. The van der Waals surface area contributed by atoms with Crippen molar-refractivity contribution in [2.75, 3.05) is 0 Å². The van der Waals surface area contributed by atoms with Crippen LogP contribution >= 0.6 is 0 Å². The van der Waals surface area contributed by atoms with E-state index in [9.17, 15) is 0 Å². The largest absolute Gasteiger partial charge is 0.0851 e. The molecule has 0 heteroatoms. The van der Waals surface area contributed by atoms with Crippen molar-refractivity contribution in [3.8, 4) is 0 Å². The van der Waals surface area contributed by atoms with E-state index >= 15 is 0 Å². The van der Waals surface area contributed by atoms with E-state index in [-0.39, 0.29) is 0 Å². The molecule has 2 aliphatic rings. The van der Waals surface area contributed by atoms with E-state index in [4.69, 9.17) is 0 Å². The van der Waals surface area contributed by atoms with Crippen LogP contribution in [0, 0.1) is 18.8 Å². The molecule has 0 aliphatic heterocycles. The number of aryl methyl sites for hydroxylation is 1. The summed E-state index contributed by atoms with van der Waals surface area (Å²) in [5, 5.41) is 0. The average Bonchev–Trinajstić information content (AvgIpc) is 2.80. The lowest BCUT2D eigenvalue weighted by Gasteiger charge is -2.18. The van der Waals surface area contributed by atoms with Crippen LogP contribution in [-0.4, -0.2) is 0 Å². The van der Waals surface area contributed by atoms with Gasteiger partial charge in [0.1, 0.15) is 0 Å². The number of benzene rings is 1. The van der Waals surface area contributed by atoms with Crippen molar-refractivity contribution in [3.05, 3.63) is 47.5 Å². The Morgan fingerprint density at radius 3 is 2.36 bits per heavy atom. The Morgan fingerprint density at radius 2 is 1.79 bits per heavy atom. The highest BCUT2D eigenvalue weighted by Crippen LogP contribution is 2.48. The van der Waals surface area contributed by atoms with Gasteiger partial charge in [-0.1, -0.05) is 42.0 Å². The molecule has 0 amide bonds. The van der Waals surface area contributed by atoms with Crippen LogP contribution in [0.3, 0.4) is 0 Å². The third kappa shape index (κ3) is 1.21. The molecule has 14 heavy (non-hydrogen) atoms. The van der Waals surface area contributed by atoms with E-state index in [1.165, 1.54) is 18.4 Å². The zero-order valence-electron chi connectivity index (χ0n) is 8.61. The van der Waals surface area contributed by atoms with Crippen LogP contribution in [0.25, 0.3) is 0 Å². The summed E-state index contributed by atoms with van der Waals surface area (Å²) < 4.78 is 0. The SMILES string of the molecule is Cc1ccc(C2CC3C=CC2C3)cc1. The molecule has 0 nitrogen and oxygen atoms in total. The average molecular weight is 184 g/mol. The molecule has 0 aromatic heterocycles. The number of rotatable bonds is 1. The van der Waals surface area contributed by atoms with Crippen molar-refractivity contribution in [2.24, 2.45) is 11.8 Å². The number of allylic oxidation sites excluding steroid dienone is 2. The Hall–Kier alpha value is -1.04. The molecule has 3 rings (SSSR count). The molecule has 0 N–H and O–H groups in total. The van der Waals surface area contributed by atoms with E-state index < -0.39 is 0 Å². The Balaban J connectivity index is 1.90. The van der Waals surface area contributed by atoms with Gasteiger partial charge in [0.25, 0.3) is 0 Å². The first-order chi connectivity index (χ1) is 6.83. The second-order valence-electron chi connectivity index (χ2n) is 4.80. The quantitative estimate of drug-likeness (QED) is 0.584. The van der Waals surface area contributed by atoms with Gasteiger partial charge in [0.2, 0.25) is 0 Å². The number of hydrogen-bond acceptors (Lipinski definition) is 0. The van der Waals surface area contributed by atoms with Gasteiger partial charge >= 0.3 is 0 Å². The van der Waals surface area contributed by atoms with Gasteiger partial charge in [0.15, 0.2) is 0 Å². The van der Waals surface area contributed by atoms with Gasteiger partial charge in [-0.05, 0) is 43.1 Å². The van der Waals surface area contributed by atoms with Gasteiger partial charge in [-0.15, -0.1) is 0 Å². The maximum Gasteiger partial charge on any atom is -0.00932 e. The molecule has 1 saturated carbocycles. The Morgan fingerprint density at radius 1 is 1.00 bits per heavy atom. The molecule has 1 aromatic carbocycles. The fourth-order valence-electron chi connectivity index (χ4n) is 2.98. The predicted octanol–water partition coefficient (Wildman–Crippen LogP) is 3.67. The predicted molar refractivity (Wildman–Crippen MR) is 59.3 cm³/mol. The fraction of sp³-hybridized carbons (Fsp3) is 0.429. The van der Waals surface area contributed by atoms with E-state index in [0.717, 1.165) is 17.8 Å². The van der Waals surface area contributed by atoms with Gasteiger partial charge in [0, 0.05) is 0 Å². The molecule has 0 radical (unpaired) electrons. The molecular formula is C14H16. The molecule has 3 atom stereocenters. The van der Waals surface area contributed by atoms with Crippen molar-refractivity contribution >= 4 is 0 Å². The van der Waals surface area contributed by atoms with Crippen LogP contribution in [0.15, 0.2) is 36.4 Å². The normalized spacial score (nSPS) is 33.9. The minimum atomic E-state index is 0.811. The van der Waals surface area contributed by atoms with Crippen LogP contribution in [0.2, 0.25) is 0 Å². The van der Waals surface area contributed by atoms with Gasteiger partial charge in [0.05, 0.1) is 0 Å². The van der Waals surface area contributed by atoms with Crippen molar-refractivity contribution in [3.63, 3.8) is 0 Å². The van der Waals surface area contributed by atoms with Crippen LogP contribution in [0.4, 0.5) is 0 Å². The summed E-state index contributed by atoms with van der Waals surface area (Å²) in [6.45, 7) is 2.16. The zero-order valence-corrected chi connectivity index (χ0v) is 8.61. The van der Waals surface area contributed by atoms with Crippen LogP contribution in [0.5, 0.6) is 0 Å². The van der Waals surface area contributed by atoms with Gasteiger partial charge in [-0.2, -0.15) is 0 Å². The Kier molecular flexibility index (Phi) is 1.76. The summed E-state index contributed by atoms with van der Waals surface area (Å²) in [5.74, 6) is 2.53. The summed E-state index contributed by atoms with van der Waals surface area (Å²) in [4.78, 5) is 0. The lowest BCUT2D eigenvalue weighted by Crippen LogP contribution is -2.04. The van der Waals surface area contributed by atoms with Crippen molar-refractivity contribution in [1.82, 2.24) is 0 Å². The molecule has 0 saturated heterocycles. The molecule has 2 aliphatic carbocycles. The Bertz CT molecular complexity index is 358. The minimum absolute atomic E-state index is 0.811. The molecule has 2 bridgehead atoms. The van der Waals surface area contributed by atoms with Gasteiger partial charge < -0.3 is 0 Å². The van der Waals surface area contributed by atoms with Crippen molar-refractivity contribution < 1.29 is 0 Å². The molecule has 72 valence electrons. The standard InChI is InChI=1S/C14H16/c1-10-2-5-12(6-3-10)14-9-11-4-7-13(14)8-11/h2-7,11,13-14H,8-9H2,1H3. The van der Waals surface area contributed by atoms with Crippen LogP contribution < -0.4 is 0 Å². The maximum absolute atomic E-state index is 2.43. The summed E-state index contributed by atoms with van der Waals surface area (Å²) in [7, 11) is 0. The smallest absolute Gasteiger partial charge is 0.00932 e. The van der Waals surface area contributed by atoms with Crippen molar-refractivity contribution in [1.29, 1.82) is 0 Å². The fourth-order valence-corrected chi connectivity index (χ4v) is 2.98. The summed E-state index contributed by atoms with van der Waals surface area (Å²) >= 11 is 0. The molecular weight excluding hydrogens is 168 g/mol. The first kappa shape index (κ1) is 8.28. The zero-order chi connectivity index (χ0) is 9.54. The van der Waals surface area contributed by atoms with E-state index in [2.05, 4.69) is 43.3 Å². The Labute approximate surface area is 85.6 Å². The number of hydrogen-bond donors (Lipinski definition) is 0. The molecule has 0 spiro atoms. The van der Waals surface area contributed by atoms with Gasteiger partial charge in [-0.25, -0.2) is 0 Å². The number of fused-ring (bicyclic) bond motifs is 2. The minimum Gasteiger partial charge on any atom is -0.0851 e. The second kappa shape index (κ2) is 2.98. The van der Waals surface area contributed by atoms with E-state index in [0.29, 0.717) is 0 Å². The van der Waals surface area contributed by atoms with Crippen molar-refractivity contribution in [2.45, 2.75) is 25.7 Å². The topological polar surface area (TPSA) is 0 Å². The monoisotopic (exact) mass is 184 g/mol. The maximum atomic E-state index is 2.43. The molecule has 3 unspecified atom stereocenters. The summed E-state index contributed by atoms with van der Waals surface area (Å²) in [6.07, 6.45) is 7.62. The van der Waals surface area contributed by atoms with E-state index in [1.54, 1.807) is 5.56 Å². The third-order valence-corrected chi connectivity index (χ3v) is 3.78. The lowest BCUT2D eigenvalue weighted by molar-refractivity contribution is 0.585. The third-order valence-electron chi connectivity index (χ3n) is 3.78. The molecule has 0 heterocycles. The van der Waals surface area contributed by atoms with Crippen LogP contribution in [0.1, 0.15) is 29.9 Å². The first-order valence-electron chi connectivity index (χ1n) is 5.58. The van der Waals surface area contributed by atoms with Gasteiger partial charge in [-0.3, -0.25) is 0 Å². The first-order valence-corrected chi connectivity index (χ1v) is 5.58. The van der Waals surface area contributed by atoms with Crippen LogP contribution in [-0.2, 0) is 0 Å². The highest BCUT2D eigenvalue weighted by atomic mass is 14.4. The summed E-state index contributed by atoms with van der Waals surface area (Å²) in [6, 6.07) is 9.11. The highest BCUT2D eigenvalue weighted by Gasteiger charge is 2.36. The summed E-state index contributed by atoms with van der Waals surface area (Å²) in [5.41, 5.74) is 2.92. The van der Waals surface area contributed by atoms with E-state index in [1.807, 2.05) is 0 Å². The molecule has 1 fully saturated rings. The lowest BCUT2D eigenvalue weighted by atomic mass is 9.87.